The third kappa shape index (κ3) is 3.55. The van der Waals surface area contributed by atoms with Gasteiger partial charge in [0.15, 0.2) is 0 Å². The molecule has 0 saturated carbocycles. The highest BCUT2D eigenvalue weighted by Crippen LogP contribution is 2.25. The van der Waals surface area contributed by atoms with Crippen molar-refractivity contribution in [3.05, 3.63) is 95.8 Å². The van der Waals surface area contributed by atoms with Gasteiger partial charge >= 0.3 is 0 Å². The maximum atomic E-state index is 13.3. The minimum atomic E-state index is -0.329. The number of rotatable bonds is 4. The molecule has 0 spiro atoms. The number of carbonyl (C=O) groups excluding carboxylic acids is 1. The molecule has 4 rings (SSSR count). The zero-order valence-corrected chi connectivity index (χ0v) is 14.9. The Labute approximate surface area is 161 Å². The Bertz CT molecular complexity index is 1160. The summed E-state index contributed by atoms with van der Waals surface area (Å²) in [6.45, 7) is 0.202. The minimum absolute atomic E-state index is 0.134. The van der Waals surface area contributed by atoms with Crippen LogP contribution in [0.25, 0.3) is 22.2 Å². The largest absolute Gasteiger partial charge is 0.508 e. The van der Waals surface area contributed by atoms with Crippen LogP contribution >= 0.6 is 0 Å². The van der Waals surface area contributed by atoms with Crippen molar-refractivity contribution in [3.63, 3.8) is 0 Å². The maximum Gasteiger partial charge on any atom is 0.252 e. The number of benzene rings is 3. The van der Waals surface area contributed by atoms with E-state index >= 15 is 0 Å². The number of fused-ring (bicyclic) bond motifs is 1. The molecule has 0 radical (unpaired) electrons. The predicted octanol–water partition coefficient (Wildman–Crippen LogP) is 4.68. The molecule has 0 aliphatic heterocycles. The summed E-state index contributed by atoms with van der Waals surface area (Å²) in [4.78, 5) is 17.5. The lowest BCUT2D eigenvalue weighted by Gasteiger charge is -2.11. The first-order valence-corrected chi connectivity index (χ1v) is 8.82. The smallest absolute Gasteiger partial charge is 0.252 e. The number of nitrogens with one attached hydrogen (secondary N) is 1. The number of aromatic nitrogens is 1. The first-order valence-electron chi connectivity index (χ1n) is 8.82. The normalized spacial score (nSPS) is 10.8. The lowest BCUT2D eigenvalue weighted by Crippen LogP contribution is -2.23. The van der Waals surface area contributed by atoms with E-state index in [0.29, 0.717) is 22.3 Å². The highest BCUT2D eigenvalue weighted by molar-refractivity contribution is 6.07. The SMILES string of the molecule is O=C(NCc1ccccc1O)c1cc(-c2ccc(F)cc2)nc2ccccc12. The van der Waals surface area contributed by atoms with E-state index in [4.69, 9.17) is 0 Å². The number of halogens is 1. The molecule has 0 bridgehead atoms. The summed E-state index contributed by atoms with van der Waals surface area (Å²) in [6.07, 6.45) is 0. The Kier molecular flexibility index (Phi) is 4.72. The van der Waals surface area contributed by atoms with Crippen LogP contribution in [0.5, 0.6) is 5.75 Å². The van der Waals surface area contributed by atoms with Gasteiger partial charge in [0.2, 0.25) is 0 Å². The van der Waals surface area contributed by atoms with Crippen molar-refractivity contribution in [1.82, 2.24) is 10.3 Å². The maximum absolute atomic E-state index is 13.3. The molecule has 0 atom stereocenters. The summed E-state index contributed by atoms with van der Waals surface area (Å²) < 4.78 is 13.3. The second-order valence-electron chi connectivity index (χ2n) is 6.39. The molecule has 0 saturated heterocycles. The standard InChI is InChI=1S/C23H17FN2O2/c24-17-11-9-15(10-12-17)21-13-19(18-6-2-3-7-20(18)26-21)23(28)25-14-16-5-1-4-8-22(16)27/h1-13,27H,14H2,(H,25,28). The molecule has 1 heterocycles. The second-order valence-corrected chi connectivity index (χ2v) is 6.39. The molecular formula is C23H17FN2O2. The highest BCUT2D eigenvalue weighted by Gasteiger charge is 2.14. The Morgan fingerprint density at radius 3 is 2.46 bits per heavy atom. The molecular weight excluding hydrogens is 355 g/mol. The topological polar surface area (TPSA) is 62.2 Å². The Balaban J connectivity index is 1.71. The van der Waals surface area contributed by atoms with Gasteiger partial charge in [-0.15, -0.1) is 0 Å². The lowest BCUT2D eigenvalue weighted by atomic mass is 10.0. The van der Waals surface area contributed by atoms with Crippen molar-refractivity contribution in [1.29, 1.82) is 0 Å². The molecule has 4 nitrogen and oxygen atoms in total. The number of phenols is 1. The molecule has 5 heteroatoms. The summed E-state index contributed by atoms with van der Waals surface area (Å²) in [5.74, 6) is -0.468. The van der Waals surface area contributed by atoms with Crippen LogP contribution in [0.4, 0.5) is 4.39 Å². The molecule has 0 aliphatic rings. The van der Waals surface area contributed by atoms with E-state index in [9.17, 15) is 14.3 Å². The van der Waals surface area contributed by atoms with E-state index in [1.807, 2.05) is 24.3 Å². The number of carbonyl (C=O) groups is 1. The van der Waals surface area contributed by atoms with E-state index < -0.39 is 0 Å². The number of pyridine rings is 1. The Morgan fingerprint density at radius 1 is 0.964 bits per heavy atom. The number of phenolic OH excluding ortho intramolecular Hbond substituents is 1. The Hall–Kier alpha value is -3.73. The summed E-state index contributed by atoms with van der Waals surface area (Å²) in [7, 11) is 0. The van der Waals surface area contributed by atoms with Gasteiger partial charge < -0.3 is 10.4 Å². The van der Waals surface area contributed by atoms with E-state index in [0.717, 1.165) is 10.9 Å². The molecule has 0 aliphatic carbocycles. The minimum Gasteiger partial charge on any atom is -0.508 e. The third-order valence-corrected chi connectivity index (χ3v) is 4.53. The van der Waals surface area contributed by atoms with Crippen LogP contribution in [0.1, 0.15) is 15.9 Å². The molecule has 1 amide bonds. The quantitative estimate of drug-likeness (QED) is 0.547. The van der Waals surface area contributed by atoms with Gasteiger partial charge in [-0.3, -0.25) is 4.79 Å². The van der Waals surface area contributed by atoms with E-state index in [2.05, 4.69) is 10.3 Å². The third-order valence-electron chi connectivity index (χ3n) is 4.53. The fourth-order valence-corrected chi connectivity index (χ4v) is 3.06. The van der Waals surface area contributed by atoms with Gasteiger partial charge in [0.25, 0.3) is 5.91 Å². The summed E-state index contributed by atoms with van der Waals surface area (Å²) in [6, 6.07) is 21.9. The van der Waals surface area contributed by atoms with Crippen molar-refractivity contribution in [2.24, 2.45) is 0 Å². The molecule has 28 heavy (non-hydrogen) atoms. The van der Waals surface area contributed by atoms with Crippen LogP contribution in [0.2, 0.25) is 0 Å². The van der Waals surface area contributed by atoms with Crippen molar-refractivity contribution in [2.45, 2.75) is 6.54 Å². The number of hydrogen-bond donors (Lipinski definition) is 2. The van der Waals surface area contributed by atoms with E-state index in [-0.39, 0.29) is 24.0 Å². The zero-order valence-electron chi connectivity index (χ0n) is 14.9. The summed E-state index contributed by atoms with van der Waals surface area (Å²) in [5, 5.41) is 13.5. The number of hydrogen-bond acceptors (Lipinski definition) is 3. The fraction of sp³-hybridized carbons (Fsp3) is 0.0435. The van der Waals surface area contributed by atoms with E-state index in [1.165, 1.54) is 12.1 Å². The van der Waals surface area contributed by atoms with Crippen molar-refractivity contribution in [3.8, 4) is 17.0 Å². The van der Waals surface area contributed by atoms with Gasteiger partial charge in [-0.2, -0.15) is 0 Å². The molecule has 138 valence electrons. The molecule has 0 fully saturated rings. The average molecular weight is 372 g/mol. The van der Waals surface area contributed by atoms with Crippen LogP contribution < -0.4 is 5.32 Å². The molecule has 3 aromatic carbocycles. The molecule has 4 aromatic rings. The van der Waals surface area contributed by atoms with Gasteiger partial charge in [-0.1, -0.05) is 36.4 Å². The number of para-hydroxylation sites is 2. The number of aromatic hydroxyl groups is 1. The molecule has 0 unspecified atom stereocenters. The first kappa shape index (κ1) is 17.7. The van der Waals surface area contributed by atoms with Crippen LogP contribution in [0.15, 0.2) is 78.9 Å². The zero-order chi connectivity index (χ0) is 19.5. The predicted molar refractivity (Wildman–Crippen MR) is 106 cm³/mol. The second kappa shape index (κ2) is 7.48. The van der Waals surface area contributed by atoms with Crippen molar-refractivity contribution in [2.75, 3.05) is 0 Å². The highest BCUT2D eigenvalue weighted by atomic mass is 19.1. The van der Waals surface area contributed by atoms with Crippen LogP contribution in [0, 0.1) is 5.82 Å². The summed E-state index contributed by atoms with van der Waals surface area (Å²) >= 11 is 0. The average Bonchev–Trinajstić information content (AvgIpc) is 2.72. The van der Waals surface area contributed by atoms with Gasteiger partial charge in [-0.05, 0) is 42.5 Å². The Morgan fingerprint density at radius 2 is 1.68 bits per heavy atom. The van der Waals surface area contributed by atoms with Gasteiger partial charge in [0.1, 0.15) is 11.6 Å². The lowest BCUT2D eigenvalue weighted by molar-refractivity contribution is 0.0952. The van der Waals surface area contributed by atoms with E-state index in [1.54, 1.807) is 42.5 Å². The van der Waals surface area contributed by atoms with Crippen molar-refractivity contribution < 1.29 is 14.3 Å². The number of amides is 1. The van der Waals surface area contributed by atoms with Gasteiger partial charge in [0, 0.05) is 23.1 Å². The fourth-order valence-electron chi connectivity index (χ4n) is 3.06. The molecule has 1 aromatic heterocycles. The molecule has 2 N–H and O–H groups in total. The van der Waals surface area contributed by atoms with Crippen LogP contribution in [0.3, 0.4) is 0 Å². The van der Waals surface area contributed by atoms with Gasteiger partial charge in [-0.25, -0.2) is 9.37 Å². The van der Waals surface area contributed by atoms with Crippen molar-refractivity contribution >= 4 is 16.8 Å². The summed E-state index contributed by atoms with van der Waals surface area (Å²) in [5.41, 5.74) is 3.10. The van der Waals surface area contributed by atoms with Crippen LogP contribution in [-0.2, 0) is 6.54 Å². The first-order chi connectivity index (χ1) is 13.6. The monoisotopic (exact) mass is 372 g/mol. The van der Waals surface area contributed by atoms with Gasteiger partial charge in [0.05, 0.1) is 16.8 Å². The number of nitrogens with zero attached hydrogens (tertiary/aromatic N) is 1. The van der Waals surface area contributed by atoms with Crippen LogP contribution in [-0.4, -0.2) is 16.0 Å².